The van der Waals surface area contributed by atoms with Crippen molar-refractivity contribution in [3.8, 4) is 0 Å². The van der Waals surface area contributed by atoms with Crippen molar-refractivity contribution in [3.05, 3.63) is 35.4 Å². The number of rotatable bonds is 4. The molecule has 0 aliphatic rings. The highest BCUT2D eigenvalue weighted by molar-refractivity contribution is 5.21. The molecule has 0 aliphatic heterocycles. The minimum atomic E-state index is 0. The van der Waals surface area contributed by atoms with E-state index in [-0.39, 0.29) is 34.0 Å². The third kappa shape index (κ3) is 9.02. The molecular weight excluding hydrogens is 360 g/mol. The SMILES string of the molecule is C[N+](C)(N)Cc1ccc(C[N+](C)(C)N)cc1.[Br-].[Br-]. The average Bonchev–Trinajstić information content (AvgIpc) is 2.03. The van der Waals surface area contributed by atoms with Crippen LogP contribution in [-0.2, 0) is 13.1 Å². The van der Waals surface area contributed by atoms with Crippen molar-refractivity contribution in [1.29, 1.82) is 0 Å². The Labute approximate surface area is 131 Å². The van der Waals surface area contributed by atoms with Gasteiger partial charge in [-0.25, -0.2) is 9.18 Å². The molecule has 106 valence electrons. The number of halogens is 2. The van der Waals surface area contributed by atoms with Crippen LogP contribution in [0.4, 0.5) is 0 Å². The fourth-order valence-electron chi connectivity index (χ4n) is 1.69. The third-order valence-electron chi connectivity index (χ3n) is 2.20. The van der Waals surface area contributed by atoms with Gasteiger partial charge in [-0.1, -0.05) is 24.3 Å². The molecule has 0 saturated carbocycles. The second-order valence-electron chi connectivity index (χ2n) is 5.69. The molecule has 4 nitrogen and oxygen atoms in total. The molecule has 0 saturated heterocycles. The summed E-state index contributed by atoms with van der Waals surface area (Å²) in [4.78, 5) is 0. The van der Waals surface area contributed by atoms with Crippen molar-refractivity contribution >= 4 is 0 Å². The predicted octanol–water partition coefficient (Wildman–Crippen LogP) is -5.41. The summed E-state index contributed by atoms with van der Waals surface area (Å²) in [6.45, 7) is 1.67. The van der Waals surface area contributed by atoms with Crippen LogP contribution >= 0.6 is 0 Å². The Morgan fingerprint density at radius 3 is 1.11 bits per heavy atom. The Bertz CT molecular complexity index is 304. The summed E-state index contributed by atoms with van der Waals surface area (Å²) in [5.74, 6) is 11.8. The summed E-state index contributed by atoms with van der Waals surface area (Å²) in [6.07, 6.45) is 0. The predicted molar refractivity (Wildman–Crippen MR) is 66.4 cm³/mol. The zero-order valence-corrected chi connectivity index (χ0v) is 14.7. The molecule has 18 heavy (non-hydrogen) atoms. The van der Waals surface area contributed by atoms with Crippen molar-refractivity contribution in [2.24, 2.45) is 11.7 Å². The van der Waals surface area contributed by atoms with Crippen LogP contribution in [0, 0.1) is 0 Å². The smallest absolute Gasteiger partial charge is 0.121 e. The van der Waals surface area contributed by atoms with E-state index in [0.29, 0.717) is 9.18 Å². The second kappa shape index (κ2) is 7.57. The van der Waals surface area contributed by atoms with Crippen LogP contribution in [0.5, 0.6) is 0 Å². The van der Waals surface area contributed by atoms with Crippen molar-refractivity contribution in [3.63, 3.8) is 0 Å². The zero-order chi connectivity index (χ0) is 12.4. The molecule has 0 radical (unpaired) electrons. The van der Waals surface area contributed by atoms with Crippen LogP contribution in [-0.4, -0.2) is 37.4 Å². The molecule has 4 N–H and O–H groups in total. The Morgan fingerprint density at radius 1 is 0.722 bits per heavy atom. The highest BCUT2D eigenvalue weighted by Crippen LogP contribution is 2.10. The minimum Gasteiger partial charge on any atom is -1.00 e. The van der Waals surface area contributed by atoms with Gasteiger partial charge in [0.25, 0.3) is 0 Å². The fourth-order valence-corrected chi connectivity index (χ4v) is 1.69. The molecule has 6 heteroatoms. The van der Waals surface area contributed by atoms with Gasteiger partial charge in [0.05, 0.1) is 28.2 Å². The lowest BCUT2D eigenvalue weighted by Gasteiger charge is -2.23. The lowest BCUT2D eigenvalue weighted by Crippen LogP contribution is -3.00. The quantitative estimate of drug-likeness (QED) is 0.310. The molecule has 0 spiro atoms. The van der Waals surface area contributed by atoms with Gasteiger partial charge in [-0.15, -0.1) is 0 Å². The molecule has 0 heterocycles. The maximum absolute atomic E-state index is 5.92. The summed E-state index contributed by atoms with van der Waals surface area (Å²) in [5.41, 5.74) is 2.50. The minimum absolute atomic E-state index is 0. The number of nitrogens with two attached hydrogens (primary N) is 2. The van der Waals surface area contributed by atoms with Gasteiger partial charge in [0.1, 0.15) is 13.1 Å². The summed E-state index contributed by atoms with van der Waals surface area (Å²) in [7, 11) is 7.92. The first-order valence-corrected chi connectivity index (χ1v) is 5.47. The van der Waals surface area contributed by atoms with E-state index in [1.165, 1.54) is 11.1 Å². The molecule has 0 atom stereocenters. The van der Waals surface area contributed by atoms with Crippen LogP contribution in [0.15, 0.2) is 24.3 Å². The summed E-state index contributed by atoms with van der Waals surface area (Å²) in [5, 5.41) is 0. The van der Waals surface area contributed by atoms with Gasteiger partial charge in [-0.2, -0.15) is 11.7 Å². The highest BCUT2D eigenvalue weighted by atomic mass is 79.9. The van der Waals surface area contributed by atoms with E-state index in [9.17, 15) is 0 Å². The molecule has 0 unspecified atom stereocenters. The summed E-state index contributed by atoms with van der Waals surface area (Å²) < 4.78 is 0.912. The monoisotopic (exact) mass is 382 g/mol. The van der Waals surface area contributed by atoms with Gasteiger partial charge in [-0.05, 0) is 0 Å². The zero-order valence-electron chi connectivity index (χ0n) is 11.5. The van der Waals surface area contributed by atoms with Crippen LogP contribution in [0.3, 0.4) is 0 Å². The first kappa shape index (κ1) is 20.3. The van der Waals surface area contributed by atoms with Crippen molar-refractivity contribution in [2.75, 3.05) is 28.2 Å². The maximum Gasteiger partial charge on any atom is 0.121 e. The Hall–Kier alpha value is 0.0200. The largest absolute Gasteiger partial charge is 1.00 e. The Balaban J connectivity index is 0. The number of hydrogen-bond donors (Lipinski definition) is 2. The van der Waals surface area contributed by atoms with E-state index < -0.39 is 0 Å². The molecule has 1 rings (SSSR count). The van der Waals surface area contributed by atoms with E-state index in [1.54, 1.807) is 0 Å². The number of benzene rings is 1. The van der Waals surface area contributed by atoms with Crippen LogP contribution in [0.1, 0.15) is 11.1 Å². The lowest BCUT2D eigenvalue weighted by molar-refractivity contribution is -0.915. The first-order valence-electron chi connectivity index (χ1n) is 5.47. The normalized spacial score (nSPS) is 11.4. The number of quaternary nitrogens is 2. The van der Waals surface area contributed by atoms with Gasteiger partial charge >= 0.3 is 0 Å². The van der Waals surface area contributed by atoms with Crippen LogP contribution in [0.2, 0.25) is 0 Å². The summed E-state index contributed by atoms with van der Waals surface area (Å²) >= 11 is 0. The molecule has 0 amide bonds. The number of nitrogens with zero attached hydrogens (tertiary/aromatic N) is 2. The fraction of sp³-hybridized carbons (Fsp3) is 0.500. The molecule has 0 fully saturated rings. The van der Waals surface area contributed by atoms with Gasteiger partial charge in [0, 0.05) is 11.1 Å². The maximum atomic E-state index is 5.92. The van der Waals surface area contributed by atoms with E-state index >= 15 is 0 Å². The van der Waals surface area contributed by atoms with Gasteiger partial charge in [-0.3, -0.25) is 0 Å². The van der Waals surface area contributed by atoms with Crippen molar-refractivity contribution in [2.45, 2.75) is 13.1 Å². The van der Waals surface area contributed by atoms with E-state index in [1.807, 2.05) is 28.2 Å². The Morgan fingerprint density at radius 2 is 0.944 bits per heavy atom. The second-order valence-corrected chi connectivity index (χ2v) is 5.69. The summed E-state index contributed by atoms with van der Waals surface area (Å²) in [6, 6.07) is 8.49. The molecule has 0 bridgehead atoms. The highest BCUT2D eigenvalue weighted by Gasteiger charge is 2.12. The standard InChI is InChI=1S/C12H24N4.2BrH/c1-15(2,13)9-11-5-7-12(8-6-11)10-16(3,4)14;;/h5-8H,9-10,13-14H2,1-4H3;2*1H/q+2;;/p-2. The van der Waals surface area contributed by atoms with Gasteiger partial charge in [0.15, 0.2) is 0 Å². The first-order chi connectivity index (χ1) is 7.16. The average molecular weight is 384 g/mol. The molecule has 1 aromatic carbocycles. The van der Waals surface area contributed by atoms with Crippen molar-refractivity contribution < 1.29 is 43.1 Å². The lowest BCUT2D eigenvalue weighted by atomic mass is 10.1. The van der Waals surface area contributed by atoms with Crippen molar-refractivity contribution in [1.82, 2.24) is 0 Å². The molecule has 1 aromatic rings. The van der Waals surface area contributed by atoms with E-state index in [0.717, 1.165) is 13.1 Å². The third-order valence-corrected chi connectivity index (χ3v) is 2.20. The van der Waals surface area contributed by atoms with Crippen LogP contribution < -0.4 is 45.6 Å². The topological polar surface area (TPSA) is 52.0 Å². The number of hydrogen-bond acceptors (Lipinski definition) is 2. The van der Waals surface area contributed by atoms with Gasteiger partial charge in [0.2, 0.25) is 0 Å². The Kier molecular flexibility index (Phi) is 8.55. The van der Waals surface area contributed by atoms with Gasteiger partial charge < -0.3 is 34.0 Å². The van der Waals surface area contributed by atoms with E-state index in [4.69, 9.17) is 11.7 Å². The van der Waals surface area contributed by atoms with Crippen LogP contribution in [0.25, 0.3) is 0 Å². The molecule has 0 aliphatic carbocycles. The van der Waals surface area contributed by atoms with E-state index in [2.05, 4.69) is 24.3 Å². The molecule has 0 aromatic heterocycles. The molecular formula is C12H24Br2N4.